The number of carboxylic acids is 1. The van der Waals surface area contributed by atoms with Crippen LogP contribution in [0.5, 0.6) is 5.75 Å². The van der Waals surface area contributed by atoms with Gasteiger partial charge in [0.1, 0.15) is 5.75 Å². The Morgan fingerprint density at radius 1 is 1.38 bits per heavy atom. The number of aliphatic carboxylic acids is 1. The van der Waals surface area contributed by atoms with Crippen LogP contribution in [0.15, 0.2) is 30.3 Å². The molecule has 1 fully saturated rings. The highest BCUT2D eigenvalue weighted by Gasteiger charge is 2.22. The molecule has 2 rings (SSSR count). The van der Waals surface area contributed by atoms with E-state index in [-0.39, 0.29) is 18.2 Å². The second-order valence-electron chi connectivity index (χ2n) is 6.03. The molecule has 1 unspecified atom stereocenters. The van der Waals surface area contributed by atoms with Crippen molar-refractivity contribution < 1.29 is 19.4 Å². The molecule has 1 aromatic carbocycles. The predicted molar refractivity (Wildman–Crippen MR) is 92.8 cm³/mol. The van der Waals surface area contributed by atoms with Gasteiger partial charge in [0.2, 0.25) is 5.91 Å². The van der Waals surface area contributed by atoms with Crippen molar-refractivity contribution in [2.45, 2.75) is 32.6 Å². The van der Waals surface area contributed by atoms with E-state index in [0.29, 0.717) is 19.6 Å². The first-order valence-corrected chi connectivity index (χ1v) is 8.50. The van der Waals surface area contributed by atoms with Crippen molar-refractivity contribution in [1.29, 1.82) is 0 Å². The lowest BCUT2D eigenvalue weighted by molar-refractivity contribution is -0.137. The van der Waals surface area contributed by atoms with Crippen LogP contribution in [0.4, 0.5) is 0 Å². The number of rotatable bonds is 7. The highest BCUT2D eigenvalue weighted by molar-refractivity contribution is 5.92. The molecular weight excluding hydrogens is 306 g/mol. The Bertz CT molecular complexity index is 597. The van der Waals surface area contributed by atoms with Gasteiger partial charge in [0.25, 0.3) is 0 Å². The first kappa shape index (κ1) is 18.0. The summed E-state index contributed by atoms with van der Waals surface area (Å²) in [5.74, 6) is 0.247. The molecule has 0 spiro atoms. The van der Waals surface area contributed by atoms with E-state index in [9.17, 15) is 9.59 Å². The Kier molecular flexibility index (Phi) is 6.85. The third-order valence-corrected chi connectivity index (χ3v) is 4.22. The largest absolute Gasteiger partial charge is 0.493 e. The number of hydrogen-bond acceptors (Lipinski definition) is 3. The number of carbonyl (C=O) groups is 2. The smallest absolute Gasteiger partial charge is 0.303 e. The number of piperidine rings is 1. The van der Waals surface area contributed by atoms with Crippen molar-refractivity contribution in [3.8, 4) is 5.75 Å². The molecule has 0 aromatic heterocycles. The zero-order chi connectivity index (χ0) is 17.4. The lowest BCUT2D eigenvalue weighted by Gasteiger charge is -2.32. The molecule has 1 amide bonds. The molecule has 0 bridgehead atoms. The SMILES string of the molecule is CCOc1ccccc1C=CC(=O)N1CCCC(CCC(=O)O)C1. The zero-order valence-corrected chi connectivity index (χ0v) is 14.1. The average Bonchev–Trinajstić information content (AvgIpc) is 2.59. The fourth-order valence-corrected chi connectivity index (χ4v) is 3.00. The summed E-state index contributed by atoms with van der Waals surface area (Å²) in [6.45, 7) is 3.89. The van der Waals surface area contributed by atoms with E-state index in [0.717, 1.165) is 30.7 Å². The molecule has 0 radical (unpaired) electrons. The van der Waals surface area contributed by atoms with Crippen LogP contribution in [0.25, 0.3) is 6.08 Å². The van der Waals surface area contributed by atoms with Gasteiger partial charge in [0.15, 0.2) is 0 Å². The first-order chi connectivity index (χ1) is 11.6. The van der Waals surface area contributed by atoms with Gasteiger partial charge in [-0.1, -0.05) is 18.2 Å². The summed E-state index contributed by atoms with van der Waals surface area (Å²) in [6.07, 6.45) is 6.10. The first-order valence-electron chi connectivity index (χ1n) is 8.50. The van der Waals surface area contributed by atoms with Crippen LogP contribution in [-0.4, -0.2) is 41.6 Å². The minimum absolute atomic E-state index is 0.0265. The van der Waals surface area contributed by atoms with Crippen LogP contribution >= 0.6 is 0 Å². The summed E-state index contributed by atoms with van der Waals surface area (Å²) in [5.41, 5.74) is 0.882. The number of nitrogens with zero attached hydrogens (tertiary/aromatic N) is 1. The molecule has 24 heavy (non-hydrogen) atoms. The normalized spacial score (nSPS) is 17.9. The van der Waals surface area contributed by atoms with Gasteiger partial charge in [-0.2, -0.15) is 0 Å². The third-order valence-electron chi connectivity index (χ3n) is 4.22. The van der Waals surface area contributed by atoms with E-state index in [1.54, 1.807) is 12.2 Å². The Hall–Kier alpha value is -2.30. The van der Waals surface area contributed by atoms with Crippen LogP contribution in [0.2, 0.25) is 0 Å². The van der Waals surface area contributed by atoms with Gasteiger partial charge in [-0.25, -0.2) is 0 Å². The summed E-state index contributed by atoms with van der Waals surface area (Å²) in [5, 5.41) is 8.80. The van der Waals surface area contributed by atoms with Crippen molar-refractivity contribution >= 4 is 18.0 Å². The minimum atomic E-state index is -0.772. The molecule has 0 aliphatic carbocycles. The average molecular weight is 331 g/mol. The maximum Gasteiger partial charge on any atom is 0.303 e. The summed E-state index contributed by atoms with van der Waals surface area (Å²) >= 11 is 0. The number of benzene rings is 1. The van der Waals surface area contributed by atoms with Crippen LogP contribution < -0.4 is 4.74 Å². The molecule has 0 saturated carbocycles. The van der Waals surface area contributed by atoms with E-state index in [2.05, 4.69) is 0 Å². The monoisotopic (exact) mass is 331 g/mol. The standard InChI is InChI=1S/C19H25NO4/c1-2-24-17-8-4-3-7-16(17)10-11-18(21)20-13-5-6-15(14-20)9-12-19(22)23/h3-4,7-8,10-11,15H,2,5-6,9,12-14H2,1H3,(H,22,23). The number of amides is 1. The summed E-state index contributed by atoms with van der Waals surface area (Å²) in [4.78, 5) is 24.9. The van der Waals surface area contributed by atoms with Gasteiger partial charge in [-0.05, 0) is 44.2 Å². The lowest BCUT2D eigenvalue weighted by Crippen LogP contribution is -2.39. The van der Waals surface area contributed by atoms with Crippen molar-refractivity contribution in [3.63, 3.8) is 0 Å². The molecule has 1 atom stereocenters. The number of carbonyl (C=O) groups excluding carboxylic acids is 1. The van der Waals surface area contributed by atoms with E-state index in [1.165, 1.54) is 0 Å². The topological polar surface area (TPSA) is 66.8 Å². The van der Waals surface area contributed by atoms with Crippen molar-refractivity contribution in [2.75, 3.05) is 19.7 Å². The van der Waals surface area contributed by atoms with Gasteiger partial charge in [0, 0.05) is 31.1 Å². The number of likely N-dealkylation sites (tertiary alicyclic amines) is 1. The zero-order valence-electron chi connectivity index (χ0n) is 14.1. The van der Waals surface area contributed by atoms with Gasteiger partial charge in [-0.3, -0.25) is 9.59 Å². The highest BCUT2D eigenvalue weighted by Crippen LogP contribution is 2.22. The maximum atomic E-state index is 12.4. The van der Waals surface area contributed by atoms with Gasteiger partial charge >= 0.3 is 5.97 Å². The Morgan fingerprint density at radius 2 is 2.17 bits per heavy atom. The fourth-order valence-electron chi connectivity index (χ4n) is 3.00. The molecule has 5 heteroatoms. The Labute approximate surface area is 142 Å². The van der Waals surface area contributed by atoms with E-state index in [1.807, 2.05) is 36.1 Å². The second-order valence-corrected chi connectivity index (χ2v) is 6.03. The Balaban J connectivity index is 1.95. The lowest BCUT2D eigenvalue weighted by atomic mass is 9.93. The molecular formula is C19H25NO4. The summed E-state index contributed by atoms with van der Waals surface area (Å²) in [6, 6.07) is 7.62. The molecule has 1 heterocycles. The van der Waals surface area contributed by atoms with Crippen molar-refractivity contribution in [1.82, 2.24) is 4.90 Å². The number of carboxylic acid groups (broad SMARTS) is 1. The number of hydrogen-bond donors (Lipinski definition) is 1. The van der Waals surface area contributed by atoms with Crippen LogP contribution in [0.1, 0.15) is 38.2 Å². The number of ether oxygens (including phenoxy) is 1. The minimum Gasteiger partial charge on any atom is -0.493 e. The molecule has 1 saturated heterocycles. The number of para-hydroxylation sites is 1. The van der Waals surface area contributed by atoms with Crippen LogP contribution in [-0.2, 0) is 9.59 Å². The van der Waals surface area contributed by atoms with Crippen molar-refractivity contribution in [2.24, 2.45) is 5.92 Å². The molecule has 1 aliphatic heterocycles. The summed E-state index contributed by atoms with van der Waals surface area (Å²) < 4.78 is 5.55. The van der Waals surface area contributed by atoms with E-state index >= 15 is 0 Å². The third kappa shape index (κ3) is 5.41. The van der Waals surface area contributed by atoms with Gasteiger partial charge in [-0.15, -0.1) is 0 Å². The molecule has 130 valence electrons. The predicted octanol–water partition coefficient (Wildman–Crippen LogP) is 3.20. The van der Waals surface area contributed by atoms with Crippen LogP contribution in [0.3, 0.4) is 0 Å². The van der Waals surface area contributed by atoms with Gasteiger partial charge < -0.3 is 14.7 Å². The molecule has 1 N–H and O–H groups in total. The van der Waals surface area contributed by atoms with Crippen LogP contribution in [0, 0.1) is 5.92 Å². The van der Waals surface area contributed by atoms with Crippen molar-refractivity contribution in [3.05, 3.63) is 35.9 Å². The van der Waals surface area contributed by atoms with Gasteiger partial charge in [0.05, 0.1) is 6.61 Å². The Morgan fingerprint density at radius 3 is 2.92 bits per heavy atom. The molecule has 1 aliphatic rings. The molecule has 1 aromatic rings. The second kappa shape index (κ2) is 9.11. The quantitative estimate of drug-likeness (QED) is 0.779. The van der Waals surface area contributed by atoms with E-state index < -0.39 is 5.97 Å². The summed E-state index contributed by atoms with van der Waals surface area (Å²) in [7, 11) is 0. The fraction of sp³-hybridized carbons (Fsp3) is 0.474. The molecule has 5 nitrogen and oxygen atoms in total. The maximum absolute atomic E-state index is 12.4. The van der Waals surface area contributed by atoms with E-state index in [4.69, 9.17) is 9.84 Å². The highest BCUT2D eigenvalue weighted by atomic mass is 16.5.